The van der Waals surface area contributed by atoms with E-state index in [0.29, 0.717) is 17.9 Å². The van der Waals surface area contributed by atoms with Crippen molar-refractivity contribution in [2.45, 2.75) is 44.7 Å². The van der Waals surface area contributed by atoms with Gasteiger partial charge < -0.3 is 4.90 Å². The van der Waals surface area contributed by atoms with E-state index in [1.807, 2.05) is 0 Å². The molecule has 0 bridgehead atoms. The zero-order chi connectivity index (χ0) is 12.1. The van der Waals surface area contributed by atoms with Gasteiger partial charge in [-0.2, -0.15) is 11.3 Å². The Balaban J connectivity index is 1.47. The molecule has 1 aromatic heterocycles. The summed E-state index contributed by atoms with van der Waals surface area (Å²) in [7, 11) is 0. The Morgan fingerprint density at radius 3 is 2.67 bits per heavy atom. The third-order valence-electron chi connectivity index (χ3n) is 4.90. The summed E-state index contributed by atoms with van der Waals surface area (Å²) in [5.41, 5.74) is 1.31. The molecule has 0 N–H and O–H groups in total. The number of rotatable bonds is 4. The number of thiophene rings is 1. The quantitative estimate of drug-likeness (QED) is 0.814. The molecule has 3 fully saturated rings. The number of nitrogens with zero attached hydrogens (tertiary/aromatic N) is 1. The fraction of sp³-hybridized carbons (Fsp3) is 0.667. The van der Waals surface area contributed by atoms with Crippen molar-refractivity contribution in [1.29, 1.82) is 0 Å². The number of carbonyl (C=O) groups excluding carboxylic acids is 1. The molecule has 0 aromatic carbocycles. The maximum atomic E-state index is 12.7. The average molecular weight is 261 g/mol. The second kappa shape index (κ2) is 4.09. The highest BCUT2D eigenvalue weighted by atomic mass is 32.1. The van der Waals surface area contributed by atoms with Crippen molar-refractivity contribution >= 4 is 17.2 Å². The molecule has 0 spiro atoms. The Labute approximate surface area is 112 Å². The van der Waals surface area contributed by atoms with Crippen LogP contribution in [0.4, 0.5) is 0 Å². The van der Waals surface area contributed by atoms with Crippen molar-refractivity contribution < 1.29 is 4.79 Å². The van der Waals surface area contributed by atoms with Crippen LogP contribution in [0.3, 0.4) is 0 Å². The molecule has 3 saturated carbocycles. The molecule has 2 unspecified atom stereocenters. The highest BCUT2D eigenvalue weighted by Crippen LogP contribution is 2.58. The number of hydrogen-bond acceptors (Lipinski definition) is 2. The van der Waals surface area contributed by atoms with Gasteiger partial charge in [-0.1, -0.05) is 6.42 Å². The number of carbonyl (C=O) groups is 1. The first-order valence-electron chi connectivity index (χ1n) is 7.16. The fourth-order valence-electron chi connectivity index (χ4n) is 3.73. The lowest BCUT2D eigenvalue weighted by atomic mass is 10.1. The summed E-state index contributed by atoms with van der Waals surface area (Å²) in [6.07, 6.45) is 6.40. The monoisotopic (exact) mass is 261 g/mol. The molecule has 96 valence electrons. The number of amides is 1. The lowest BCUT2D eigenvalue weighted by molar-refractivity contribution is -0.134. The topological polar surface area (TPSA) is 20.3 Å². The van der Waals surface area contributed by atoms with Crippen LogP contribution in [0, 0.1) is 17.8 Å². The Morgan fingerprint density at radius 1 is 1.28 bits per heavy atom. The molecular weight excluding hydrogens is 242 g/mol. The number of hydrogen-bond donors (Lipinski definition) is 0. The van der Waals surface area contributed by atoms with Crippen LogP contribution in [0.1, 0.15) is 37.7 Å². The van der Waals surface area contributed by atoms with Gasteiger partial charge in [0, 0.05) is 18.5 Å². The van der Waals surface area contributed by atoms with Crippen molar-refractivity contribution in [2.24, 2.45) is 17.8 Å². The molecule has 3 aliphatic carbocycles. The summed E-state index contributed by atoms with van der Waals surface area (Å²) in [6.45, 7) is 0.850. The van der Waals surface area contributed by atoms with Gasteiger partial charge >= 0.3 is 0 Å². The van der Waals surface area contributed by atoms with E-state index in [-0.39, 0.29) is 0 Å². The standard InChI is InChI=1S/C15H19NOS/c17-15(14-12-2-1-3-13(12)14)16(11-4-5-11)8-10-6-7-18-9-10/h6-7,9,11-14H,1-5,8H2. The third-order valence-corrected chi connectivity index (χ3v) is 5.63. The summed E-state index contributed by atoms with van der Waals surface area (Å²) in [4.78, 5) is 14.8. The van der Waals surface area contributed by atoms with E-state index in [0.717, 1.165) is 18.4 Å². The average Bonchev–Trinajstić information content (AvgIpc) is 3.22. The SMILES string of the molecule is O=C(C1C2CCCC21)N(Cc1ccsc1)C1CC1. The molecule has 0 aliphatic heterocycles. The van der Waals surface area contributed by atoms with Crippen LogP contribution in [0.5, 0.6) is 0 Å². The first-order valence-corrected chi connectivity index (χ1v) is 8.10. The highest BCUT2D eigenvalue weighted by Gasteiger charge is 2.58. The second-order valence-electron chi connectivity index (χ2n) is 6.11. The maximum Gasteiger partial charge on any atom is 0.226 e. The van der Waals surface area contributed by atoms with Gasteiger partial charge in [0.05, 0.1) is 0 Å². The first-order chi connectivity index (χ1) is 8.84. The summed E-state index contributed by atoms with van der Waals surface area (Å²) in [5, 5.41) is 4.28. The molecule has 18 heavy (non-hydrogen) atoms. The normalized spacial score (nSPS) is 33.2. The van der Waals surface area contributed by atoms with Gasteiger partial charge in [-0.15, -0.1) is 0 Å². The van der Waals surface area contributed by atoms with Crippen LogP contribution in [0.2, 0.25) is 0 Å². The van der Waals surface area contributed by atoms with E-state index in [1.165, 1.54) is 37.7 Å². The van der Waals surface area contributed by atoms with E-state index < -0.39 is 0 Å². The van der Waals surface area contributed by atoms with E-state index in [4.69, 9.17) is 0 Å². The number of fused-ring (bicyclic) bond motifs is 1. The lowest BCUT2D eigenvalue weighted by Gasteiger charge is -2.23. The lowest BCUT2D eigenvalue weighted by Crippen LogP contribution is -2.34. The maximum absolute atomic E-state index is 12.7. The van der Waals surface area contributed by atoms with E-state index in [9.17, 15) is 4.79 Å². The Bertz CT molecular complexity index is 441. The van der Waals surface area contributed by atoms with Crippen LogP contribution in [-0.2, 0) is 11.3 Å². The zero-order valence-electron chi connectivity index (χ0n) is 10.5. The van der Waals surface area contributed by atoms with Crippen molar-refractivity contribution in [3.05, 3.63) is 22.4 Å². The van der Waals surface area contributed by atoms with Gasteiger partial charge in [0.15, 0.2) is 0 Å². The van der Waals surface area contributed by atoms with Crippen molar-refractivity contribution in [3.8, 4) is 0 Å². The van der Waals surface area contributed by atoms with E-state index >= 15 is 0 Å². The zero-order valence-corrected chi connectivity index (χ0v) is 11.4. The van der Waals surface area contributed by atoms with Crippen LogP contribution in [0.25, 0.3) is 0 Å². The van der Waals surface area contributed by atoms with Gasteiger partial charge in [0.25, 0.3) is 0 Å². The molecule has 3 heteroatoms. The minimum atomic E-state index is 0.401. The van der Waals surface area contributed by atoms with Gasteiger partial charge in [-0.25, -0.2) is 0 Å². The highest BCUT2D eigenvalue weighted by molar-refractivity contribution is 7.07. The molecule has 3 aliphatic rings. The van der Waals surface area contributed by atoms with Gasteiger partial charge in [-0.05, 0) is 59.9 Å². The summed E-state index contributed by atoms with van der Waals surface area (Å²) in [5.74, 6) is 2.37. The molecule has 0 saturated heterocycles. The van der Waals surface area contributed by atoms with E-state index in [1.54, 1.807) is 11.3 Å². The van der Waals surface area contributed by atoms with Gasteiger partial charge in [0.1, 0.15) is 0 Å². The van der Waals surface area contributed by atoms with Crippen LogP contribution < -0.4 is 0 Å². The Morgan fingerprint density at radius 2 is 2.06 bits per heavy atom. The molecule has 1 heterocycles. The molecular formula is C15H19NOS. The molecule has 1 aromatic rings. The van der Waals surface area contributed by atoms with Gasteiger partial charge in [0.2, 0.25) is 5.91 Å². The first kappa shape index (κ1) is 11.0. The van der Waals surface area contributed by atoms with Crippen LogP contribution in [0.15, 0.2) is 16.8 Å². The van der Waals surface area contributed by atoms with Crippen molar-refractivity contribution in [1.82, 2.24) is 4.90 Å². The van der Waals surface area contributed by atoms with E-state index in [2.05, 4.69) is 21.7 Å². The predicted molar refractivity (Wildman–Crippen MR) is 72.2 cm³/mol. The molecule has 1 amide bonds. The fourth-order valence-corrected chi connectivity index (χ4v) is 4.39. The summed E-state index contributed by atoms with van der Waals surface area (Å²) in [6, 6.07) is 2.71. The minimum absolute atomic E-state index is 0.401. The van der Waals surface area contributed by atoms with Crippen LogP contribution >= 0.6 is 11.3 Å². The third kappa shape index (κ3) is 1.80. The van der Waals surface area contributed by atoms with Crippen molar-refractivity contribution in [2.75, 3.05) is 0 Å². The van der Waals surface area contributed by atoms with Crippen molar-refractivity contribution in [3.63, 3.8) is 0 Å². The smallest absolute Gasteiger partial charge is 0.226 e. The predicted octanol–water partition coefficient (Wildman–Crippen LogP) is 3.29. The molecule has 4 rings (SSSR count). The second-order valence-corrected chi connectivity index (χ2v) is 6.89. The largest absolute Gasteiger partial charge is 0.335 e. The summed E-state index contributed by atoms with van der Waals surface area (Å²) >= 11 is 1.73. The van der Waals surface area contributed by atoms with Crippen LogP contribution in [-0.4, -0.2) is 16.8 Å². The summed E-state index contributed by atoms with van der Waals surface area (Å²) < 4.78 is 0. The van der Waals surface area contributed by atoms with Gasteiger partial charge in [-0.3, -0.25) is 4.79 Å². The molecule has 2 nitrogen and oxygen atoms in total. The molecule has 0 radical (unpaired) electrons. The molecule has 2 atom stereocenters. The minimum Gasteiger partial charge on any atom is -0.335 e. The Kier molecular flexibility index (Phi) is 2.51. The Hall–Kier alpha value is -0.830.